The summed E-state index contributed by atoms with van der Waals surface area (Å²) in [5.74, 6) is 0.727. The van der Waals surface area contributed by atoms with Gasteiger partial charge in [0, 0.05) is 35.4 Å². The average Bonchev–Trinajstić information content (AvgIpc) is 3.24. The van der Waals surface area contributed by atoms with E-state index < -0.39 is 6.04 Å². The number of aromatic nitrogens is 2. The molecule has 27 heavy (non-hydrogen) atoms. The topological polar surface area (TPSA) is 60.1 Å². The number of fused-ring (bicyclic) bond motifs is 1. The maximum atomic E-state index is 13.0. The standard InChI is InChI=1S/C21H18ClN3O2/c1-13-16-12-15(22)8-9-17(16)27-19(13)21(26)24-18(14-6-4-3-5-7-14)20-23-10-11-25(20)2/h3-12,18H,1-2H3,(H,24,26)/t18-/m1/s1. The number of rotatable bonds is 4. The molecule has 0 aliphatic heterocycles. The Morgan fingerprint density at radius 3 is 2.70 bits per heavy atom. The SMILES string of the molecule is Cc1c(C(=O)N[C@H](c2ccccc2)c2nccn2C)oc2ccc(Cl)cc12. The number of nitrogens with zero attached hydrogens (tertiary/aromatic N) is 2. The Hall–Kier alpha value is -3.05. The molecule has 0 spiro atoms. The lowest BCUT2D eigenvalue weighted by Gasteiger charge is -2.18. The largest absolute Gasteiger partial charge is 0.451 e. The van der Waals surface area contributed by atoms with Crippen molar-refractivity contribution in [2.24, 2.45) is 7.05 Å². The van der Waals surface area contributed by atoms with Gasteiger partial charge in [-0.05, 0) is 30.7 Å². The smallest absolute Gasteiger partial charge is 0.288 e. The van der Waals surface area contributed by atoms with Gasteiger partial charge in [-0.2, -0.15) is 0 Å². The van der Waals surface area contributed by atoms with Crippen molar-refractivity contribution in [3.8, 4) is 0 Å². The third-order valence-corrected chi connectivity index (χ3v) is 4.86. The van der Waals surface area contributed by atoms with Gasteiger partial charge in [-0.3, -0.25) is 4.79 Å². The first-order valence-corrected chi connectivity index (χ1v) is 8.94. The second-order valence-corrected chi connectivity index (χ2v) is 6.85. The van der Waals surface area contributed by atoms with Crippen molar-refractivity contribution in [2.75, 3.05) is 0 Å². The molecule has 0 bridgehead atoms. The third-order valence-electron chi connectivity index (χ3n) is 4.63. The molecule has 1 amide bonds. The van der Waals surface area contributed by atoms with E-state index >= 15 is 0 Å². The molecule has 2 aromatic heterocycles. The van der Waals surface area contributed by atoms with Crippen LogP contribution in [0.4, 0.5) is 0 Å². The van der Waals surface area contributed by atoms with Crippen LogP contribution in [-0.2, 0) is 7.05 Å². The summed E-state index contributed by atoms with van der Waals surface area (Å²) in [4.78, 5) is 17.5. The number of aryl methyl sites for hydroxylation is 2. The predicted octanol–water partition coefficient (Wildman–Crippen LogP) is 4.65. The third kappa shape index (κ3) is 3.22. The van der Waals surface area contributed by atoms with Gasteiger partial charge in [0.2, 0.25) is 0 Å². The van der Waals surface area contributed by atoms with E-state index in [-0.39, 0.29) is 11.7 Å². The van der Waals surface area contributed by atoms with Gasteiger partial charge in [-0.15, -0.1) is 0 Å². The summed E-state index contributed by atoms with van der Waals surface area (Å²) in [6.45, 7) is 1.86. The summed E-state index contributed by atoms with van der Waals surface area (Å²) in [5.41, 5.74) is 2.34. The van der Waals surface area contributed by atoms with E-state index in [9.17, 15) is 4.79 Å². The van der Waals surface area contributed by atoms with Crippen LogP contribution in [0.5, 0.6) is 0 Å². The molecule has 136 valence electrons. The van der Waals surface area contributed by atoms with Crippen molar-refractivity contribution in [2.45, 2.75) is 13.0 Å². The Kier molecular flexibility index (Phi) is 4.46. The lowest BCUT2D eigenvalue weighted by Crippen LogP contribution is -2.31. The first-order chi connectivity index (χ1) is 13.0. The molecular formula is C21H18ClN3O2. The fourth-order valence-electron chi connectivity index (χ4n) is 3.20. The van der Waals surface area contributed by atoms with E-state index in [0.717, 1.165) is 22.3 Å². The summed E-state index contributed by atoms with van der Waals surface area (Å²) in [6, 6.07) is 14.7. The van der Waals surface area contributed by atoms with Crippen molar-refractivity contribution in [3.63, 3.8) is 0 Å². The summed E-state index contributed by atoms with van der Waals surface area (Å²) < 4.78 is 7.69. The van der Waals surface area contributed by atoms with Crippen LogP contribution in [0.25, 0.3) is 11.0 Å². The molecule has 1 atom stereocenters. The molecule has 0 saturated heterocycles. The Morgan fingerprint density at radius 2 is 2.00 bits per heavy atom. The first kappa shape index (κ1) is 17.4. The number of carbonyl (C=O) groups is 1. The van der Waals surface area contributed by atoms with Crippen molar-refractivity contribution < 1.29 is 9.21 Å². The van der Waals surface area contributed by atoms with E-state index in [1.54, 1.807) is 24.4 Å². The molecule has 0 unspecified atom stereocenters. The molecule has 0 aliphatic rings. The maximum absolute atomic E-state index is 13.0. The number of furan rings is 1. The highest BCUT2D eigenvalue weighted by molar-refractivity contribution is 6.31. The van der Waals surface area contributed by atoms with Crippen molar-refractivity contribution >= 4 is 28.5 Å². The van der Waals surface area contributed by atoms with Crippen molar-refractivity contribution in [1.82, 2.24) is 14.9 Å². The minimum Gasteiger partial charge on any atom is -0.451 e. The van der Waals surface area contributed by atoms with E-state index in [0.29, 0.717) is 10.6 Å². The number of halogens is 1. The van der Waals surface area contributed by atoms with Crippen LogP contribution in [0.3, 0.4) is 0 Å². The minimum absolute atomic E-state index is 0.280. The van der Waals surface area contributed by atoms with Gasteiger partial charge in [-0.25, -0.2) is 4.98 Å². The lowest BCUT2D eigenvalue weighted by molar-refractivity contribution is 0.0914. The fourth-order valence-corrected chi connectivity index (χ4v) is 3.38. The number of nitrogens with one attached hydrogen (secondary N) is 1. The maximum Gasteiger partial charge on any atom is 0.288 e. The summed E-state index contributed by atoms with van der Waals surface area (Å²) >= 11 is 6.08. The van der Waals surface area contributed by atoms with Crippen molar-refractivity contribution in [3.05, 3.63) is 88.7 Å². The fraction of sp³-hybridized carbons (Fsp3) is 0.143. The van der Waals surface area contributed by atoms with Crippen LogP contribution in [0, 0.1) is 6.92 Å². The normalized spacial score (nSPS) is 12.3. The quantitative estimate of drug-likeness (QED) is 0.561. The first-order valence-electron chi connectivity index (χ1n) is 8.56. The van der Waals surface area contributed by atoms with Crippen LogP contribution in [0.2, 0.25) is 5.02 Å². The Labute approximate surface area is 161 Å². The number of carbonyl (C=O) groups excluding carboxylic acids is 1. The zero-order valence-electron chi connectivity index (χ0n) is 14.9. The van der Waals surface area contributed by atoms with Crippen LogP contribution in [0.15, 0.2) is 65.3 Å². The highest BCUT2D eigenvalue weighted by atomic mass is 35.5. The van der Waals surface area contributed by atoms with Gasteiger partial charge in [-0.1, -0.05) is 41.9 Å². The Morgan fingerprint density at radius 1 is 1.22 bits per heavy atom. The van der Waals surface area contributed by atoms with Crippen LogP contribution in [-0.4, -0.2) is 15.5 Å². The molecule has 0 radical (unpaired) electrons. The molecule has 0 saturated carbocycles. The van der Waals surface area contributed by atoms with Gasteiger partial charge >= 0.3 is 0 Å². The van der Waals surface area contributed by atoms with Gasteiger partial charge in [0.1, 0.15) is 17.4 Å². The molecule has 1 N–H and O–H groups in total. The highest BCUT2D eigenvalue weighted by Gasteiger charge is 2.25. The highest BCUT2D eigenvalue weighted by Crippen LogP contribution is 2.29. The number of benzene rings is 2. The molecular weight excluding hydrogens is 362 g/mol. The van der Waals surface area contributed by atoms with Crippen molar-refractivity contribution in [1.29, 1.82) is 0 Å². The molecule has 2 heterocycles. The number of amides is 1. The van der Waals surface area contributed by atoms with E-state index in [1.165, 1.54) is 0 Å². The second-order valence-electron chi connectivity index (χ2n) is 6.41. The minimum atomic E-state index is -0.394. The van der Waals surface area contributed by atoms with Crippen LogP contribution in [0.1, 0.15) is 33.5 Å². The molecule has 6 heteroatoms. The summed E-state index contributed by atoms with van der Waals surface area (Å²) in [6.07, 6.45) is 3.57. The van der Waals surface area contributed by atoms with Crippen LogP contribution < -0.4 is 5.32 Å². The predicted molar refractivity (Wildman–Crippen MR) is 105 cm³/mol. The van der Waals surface area contributed by atoms with Crippen LogP contribution >= 0.6 is 11.6 Å². The summed E-state index contributed by atoms with van der Waals surface area (Å²) in [7, 11) is 1.90. The zero-order chi connectivity index (χ0) is 19.0. The molecule has 0 aliphatic carbocycles. The second kappa shape index (κ2) is 6.93. The molecule has 0 fully saturated rings. The van der Waals surface area contributed by atoms with Gasteiger partial charge < -0.3 is 14.3 Å². The van der Waals surface area contributed by atoms with E-state index in [2.05, 4.69) is 10.3 Å². The molecule has 2 aromatic carbocycles. The summed E-state index contributed by atoms with van der Waals surface area (Å²) in [5, 5.41) is 4.50. The van der Waals surface area contributed by atoms with Gasteiger partial charge in [0.25, 0.3) is 5.91 Å². The van der Waals surface area contributed by atoms with Gasteiger partial charge in [0.05, 0.1) is 0 Å². The number of hydrogen-bond acceptors (Lipinski definition) is 3. The lowest BCUT2D eigenvalue weighted by atomic mass is 10.1. The van der Waals surface area contributed by atoms with E-state index in [4.69, 9.17) is 16.0 Å². The monoisotopic (exact) mass is 379 g/mol. The Balaban J connectivity index is 1.73. The number of imidazole rings is 1. The van der Waals surface area contributed by atoms with Gasteiger partial charge in [0.15, 0.2) is 5.76 Å². The molecule has 4 rings (SSSR count). The zero-order valence-corrected chi connectivity index (χ0v) is 15.7. The number of hydrogen-bond donors (Lipinski definition) is 1. The average molecular weight is 380 g/mol. The molecule has 5 nitrogen and oxygen atoms in total. The van der Waals surface area contributed by atoms with E-state index in [1.807, 2.05) is 55.1 Å². The Bertz CT molecular complexity index is 1120. The molecule has 4 aromatic rings.